The fourth-order valence-electron chi connectivity index (χ4n) is 1.11. The van der Waals surface area contributed by atoms with Gasteiger partial charge in [0.15, 0.2) is 0 Å². The van der Waals surface area contributed by atoms with Crippen molar-refractivity contribution >= 4 is 33.9 Å². The summed E-state index contributed by atoms with van der Waals surface area (Å²) in [6.07, 6.45) is 4.18. The molecule has 2 heterocycles. The van der Waals surface area contributed by atoms with E-state index in [-0.39, 0.29) is 0 Å². The van der Waals surface area contributed by atoms with Crippen LogP contribution in [0.3, 0.4) is 0 Å². The Hall–Kier alpha value is -0.690. The molecule has 0 saturated heterocycles. The molecule has 0 radical (unpaired) electrons. The number of ether oxygens (including phenoxy) is 1. The average Bonchev–Trinajstić information content (AvgIpc) is 2.74. The predicted molar refractivity (Wildman–Crippen MR) is 68.3 cm³/mol. The second-order valence-corrected chi connectivity index (χ2v) is 5.05. The molecule has 0 aliphatic carbocycles. The Balaban J connectivity index is 1.86. The molecule has 0 aliphatic rings. The van der Waals surface area contributed by atoms with Crippen molar-refractivity contribution in [2.45, 2.75) is 6.42 Å². The van der Waals surface area contributed by atoms with E-state index in [0.717, 1.165) is 9.99 Å². The Kier molecular flexibility index (Phi) is 3.90. The molecule has 0 fully saturated rings. The average molecular weight is 332 g/mol. The van der Waals surface area contributed by atoms with Gasteiger partial charge >= 0.3 is 0 Å². The summed E-state index contributed by atoms with van der Waals surface area (Å²) >= 11 is 3.91. The highest BCUT2D eigenvalue weighted by Crippen LogP contribution is 2.16. The lowest BCUT2D eigenvalue weighted by Gasteiger charge is -2.04. The topological polar surface area (TPSA) is 35.0 Å². The van der Waals surface area contributed by atoms with Gasteiger partial charge in [-0.3, -0.25) is 0 Å². The summed E-state index contributed by atoms with van der Waals surface area (Å²) in [4.78, 5) is 9.30. The van der Waals surface area contributed by atoms with Crippen molar-refractivity contribution in [3.8, 4) is 5.88 Å². The zero-order valence-corrected chi connectivity index (χ0v) is 10.9. The molecule has 0 saturated carbocycles. The van der Waals surface area contributed by atoms with E-state index in [2.05, 4.69) is 50.1 Å². The Bertz CT molecular complexity index is 419. The van der Waals surface area contributed by atoms with E-state index in [0.29, 0.717) is 12.5 Å². The normalized spacial score (nSPS) is 10.2. The Morgan fingerprint density at radius 3 is 3.13 bits per heavy atom. The minimum Gasteiger partial charge on any atom is -0.476 e. The van der Waals surface area contributed by atoms with Gasteiger partial charge in [0.25, 0.3) is 0 Å². The summed E-state index contributed by atoms with van der Waals surface area (Å²) < 4.78 is 6.50. The van der Waals surface area contributed by atoms with Crippen LogP contribution in [0.1, 0.15) is 4.88 Å². The van der Waals surface area contributed by atoms with Gasteiger partial charge in [0, 0.05) is 17.5 Å². The number of nitrogens with zero attached hydrogens (tertiary/aromatic N) is 2. The lowest BCUT2D eigenvalue weighted by Crippen LogP contribution is -2.03. The summed E-state index contributed by atoms with van der Waals surface area (Å²) in [5.41, 5.74) is 0. The van der Waals surface area contributed by atoms with Crippen LogP contribution < -0.4 is 4.74 Å². The van der Waals surface area contributed by atoms with Gasteiger partial charge in [0.05, 0.1) is 10.2 Å². The zero-order valence-electron chi connectivity index (χ0n) is 7.89. The zero-order chi connectivity index (χ0) is 10.5. The van der Waals surface area contributed by atoms with E-state index in [9.17, 15) is 0 Å². The second kappa shape index (κ2) is 5.41. The van der Waals surface area contributed by atoms with Crippen molar-refractivity contribution in [2.24, 2.45) is 0 Å². The lowest BCUT2D eigenvalue weighted by molar-refractivity contribution is 0.307. The Labute approximate surface area is 106 Å². The number of hydrogen-bond acceptors (Lipinski definition) is 4. The molecule has 78 valence electrons. The van der Waals surface area contributed by atoms with Gasteiger partial charge in [-0.25, -0.2) is 9.97 Å². The SMILES string of the molecule is Ic1cncnc1OCCc1cccs1. The Morgan fingerprint density at radius 1 is 1.47 bits per heavy atom. The molecule has 0 spiro atoms. The van der Waals surface area contributed by atoms with Crippen molar-refractivity contribution < 1.29 is 4.74 Å². The van der Waals surface area contributed by atoms with Gasteiger partial charge in [-0.05, 0) is 34.0 Å². The quantitative estimate of drug-likeness (QED) is 0.808. The van der Waals surface area contributed by atoms with E-state index < -0.39 is 0 Å². The first-order chi connectivity index (χ1) is 7.36. The molecular formula is C10H9IN2OS. The van der Waals surface area contributed by atoms with Crippen molar-refractivity contribution in [3.05, 3.63) is 38.5 Å². The van der Waals surface area contributed by atoms with Crippen LogP contribution in [0.5, 0.6) is 5.88 Å². The van der Waals surface area contributed by atoms with E-state index in [1.807, 2.05) is 0 Å². The van der Waals surface area contributed by atoms with Gasteiger partial charge in [-0.1, -0.05) is 6.07 Å². The van der Waals surface area contributed by atoms with Crippen LogP contribution in [-0.4, -0.2) is 16.6 Å². The van der Waals surface area contributed by atoms with Crippen LogP contribution in [0.2, 0.25) is 0 Å². The number of rotatable bonds is 4. The van der Waals surface area contributed by atoms with Gasteiger partial charge in [0.1, 0.15) is 6.33 Å². The molecule has 5 heteroatoms. The molecule has 0 aliphatic heterocycles. The molecule has 0 unspecified atom stereocenters. The highest BCUT2D eigenvalue weighted by atomic mass is 127. The maximum Gasteiger partial charge on any atom is 0.230 e. The molecule has 0 amide bonds. The number of thiophene rings is 1. The van der Waals surface area contributed by atoms with Crippen LogP contribution in [0.4, 0.5) is 0 Å². The van der Waals surface area contributed by atoms with E-state index in [1.54, 1.807) is 17.5 Å². The molecule has 0 aromatic carbocycles. The standard InChI is InChI=1S/C10H9IN2OS/c11-9-6-12-7-13-10(9)14-4-3-8-2-1-5-15-8/h1-2,5-7H,3-4H2. The highest BCUT2D eigenvalue weighted by molar-refractivity contribution is 14.1. The van der Waals surface area contributed by atoms with Crippen LogP contribution in [0.15, 0.2) is 30.0 Å². The summed E-state index contributed by atoms with van der Waals surface area (Å²) in [5, 5.41) is 2.07. The minimum atomic E-state index is 0.660. The van der Waals surface area contributed by atoms with Crippen molar-refractivity contribution in [1.82, 2.24) is 9.97 Å². The molecule has 2 rings (SSSR count). The van der Waals surface area contributed by atoms with Gasteiger partial charge in [0.2, 0.25) is 5.88 Å². The molecule has 0 atom stereocenters. The largest absolute Gasteiger partial charge is 0.476 e. The summed E-state index contributed by atoms with van der Waals surface area (Å²) in [6, 6.07) is 4.16. The smallest absolute Gasteiger partial charge is 0.230 e. The number of halogens is 1. The van der Waals surface area contributed by atoms with E-state index >= 15 is 0 Å². The molecule has 3 nitrogen and oxygen atoms in total. The third kappa shape index (κ3) is 3.13. The first kappa shape index (κ1) is 10.8. The van der Waals surface area contributed by atoms with Crippen LogP contribution in [-0.2, 0) is 6.42 Å². The van der Waals surface area contributed by atoms with Crippen LogP contribution in [0.25, 0.3) is 0 Å². The molecular weight excluding hydrogens is 323 g/mol. The van der Waals surface area contributed by atoms with Gasteiger partial charge in [-0.15, -0.1) is 11.3 Å². The fourth-order valence-corrected chi connectivity index (χ4v) is 2.26. The number of aromatic nitrogens is 2. The first-order valence-electron chi connectivity index (χ1n) is 4.47. The highest BCUT2D eigenvalue weighted by Gasteiger charge is 2.01. The molecule has 0 bridgehead atoms. The molecule has 2 aromatic rings. The Morgan fingerprint density at radius 2 is 2.40 bits per heavy atom. The van der Waals surface area contributed by atoms with Crippen molar-refractivity contribution in [2.75, 3.05) is 6.61 Å². The summed E-state index contributed by atoms with van der Waals surface area (Å²) in [6.45, 7) is 0.660. The summed E-state index contributed by atoms with van der Waals surface area (Å²) in [5.74, 6) is 0.669. The monoisotopic (exact) mass is 332 g/mol. The van der Waals surface area contributed by atoms with Gasteiger partial charge in [-0.2, -0.15) is 0 Å². The second-order valence-electron chi connectivity index (χ2n) is 2.85. The predicted octanol–water partition coefficient (Wildman–Crippen LogP) is 2.76. The fraction of sp³-hybridized carbons (Fsp3) is 0.200. The van der Waals surface area contributed by atoms with Crippen molar-refractivity contribution in [1.29, 1.82) is 0 Å². The maximum atomic E-state index is 5.56. The molecule has 0 N–H and O–H groups in total. The lowest BCUT2D eigenvalue weighted by atomic mass is 10.4. The van der Waals surface area contributed by atoms with Crippen LogP contribution >= 0.6 is 33.9 Å². The third-order valence-electron chi connectivity index (χ3n) is 1.80. The minimum absolute atomic E-state index is 0.660. The van der Waals surface area contributed by atoms with E-state index in [4.69, 9.17) is 4.74 Å². The van der Waals surface area contributed by atoms with E-state index in [1.165, 1.54) is 11.2 Å². The van der Waals surface area contributed by atoms with Crippen molar-refractivity contribution in [3.63, 3.8) is 0 Å². The molecule has 15 heavy (non-hydrogen) atoms. The van der Waals surface area contributed by atoms with Crippen LogP contribution in [0, 0.1) is 3.57 Å². The third-order valence-corrected chi connectivity index (χ3v) is 3.48. The molecule has 2 aromatic heterocycles. The van der Waals surface area contributed by atoms with Gasteiger partial charge < -0.3 is 4.74 Å². The summed E-state index contributed by atoms with van der Waals surface area (Å²) in [7, 11) is 0. The maximum absolute atomic E-state index is 5.56. The number of hydrogen-bond donors (Lipinski definition) is 0. The first-order valence-corrected chi connectivity index (χ1v) is 6.43.